The molecule has 2 aromatic carbocycles. The van der Waals surface area contributed by atoms with Gasteiger partial charge >= 0.3 is 0 Å². The lowest BCUT2D eigenvalue weighted by molar-refractivity contribution is 0.146. The maximum Gasteiger partial charge on any atom is 0.127 e. The summed E-state index contributed by atoms with van der Waals surface area (Å²) in [6.45, 7) is 11.1. The van der Waals surface area contributed by atoms with Crippen LogP contribution in [0.15, 0.2) is 66.9 Å². The second-order valence-corrected chi connectivity index (χ2v) is 8.09. The third-order valence-electron chi connectivity index (χ3n) is 5.63. The summed E-state index contributed by atoms with van der Waals surface area (Å²) < 4.78 is 16.6. The molecule has 1 heterocycles. The minimum atomic E-state index is -0.126. The highest BCUT2D eigenvalue weighted by Crippen LogP contribution is 2.20. The van der Waals surface area contributed by atoms with Gasteiger partial charge in [-0.15, -0.1) is 0 Å². The SMILES string of the molecule is Cc1ccc(Cn2cccc2CN(Cc2ccccc2F)[C@H](C)C(C)C)cc1. The van der Waals surface area contributed by atoms with Crippen molar-refractivity contribution in [3.8, 4) is 0 Å². The minimum Gasteiger partial charge on any atom is -0.346 e. The fraction of sp³-hybridized carbons (Fsp3) is 0.360. The van der Waals surface area contributed by atoms with E-state index in [0.29, 0.717) is 18.5 Å². The second kappa shape index (κ2) is 9.20. The Balaban J connectivity index is 1.80. The van der Waals surface area contributed by atoms with Gasteiger partial charge in [0.15, 0.2) is 0 Å². The van der Waals surface area contributed by atoms with E-state index in [2.05, 4.69) is 79.8 Å². The molecule has 3 aromatic rings. The summed E-state index contributed by atoms with van der Waals surface area (Å²) in [5, 5.41) is 0. The molecule has 0 aliphatic carbocycles. The van der Waals surface area contributed by atoms with Gasteiger partial charge in [-0.1, -0.05) is 61.9 Å². The summed E-state index contributed by atoms with van der Waals surface area (Å²) in [6.07, 6.45) is 2.14. The van der Waals surface area contributed by atoms with E-state index in [1.165, 1.54) is 16.8 Å². The van der Waals surface area contributed by atoms with Gasteiger partial charge < -0.3 is 4.57 Å². The van der Waals surface area contributed by atoms with Crippen LogP contribution in [-0.2, 0) is 19.6 Å². The van der Waals surface area contributed by atoms with E-state index in [4.69, 9.17) is 0 Å². The molecule has 0 saturated carbocycles. The van der Waals surface area contributed by atoms with E-state index in [0.717, 1.165) is 18.7 Å². The smallest absolute Gasteiger partial charge is 0.127 e. The zero-order valence-electron chi connectivity index (χ0n) is 17.4. The summed E-state index contributed by atoms with van der Waals surface area (Å²) >= 11 is 0. The van der Waals surface area contributed by atoms with E-state index in [-0.39, 0.29) is 5.82 Å². The summed E-state index contributed by atoms with van der Waals surface area (Å²) in [5.74, 6) is 0.366. The Labute approximate surface area is 168 Å². The Kier molecular flexibility index (Phi) is 6.69. The monoisotopic (exact) mass is 378 g/mol. The van der Waals surface area contributed by atoms with Crippen LogP contribution in [0.5, 0.6) is 0 Å². The molecule has 0 aliphatic heterocycles. The molecule has 0 saturated heterocycles. The van der Waals surface area contributed by atoms with Crippen molar-refractivity contribution in [2.75, 3.05) is 0 Å². The maximum atomic E-state index is 14.3. The van der Waals surface area contributed by atoms with Crippen molar-refractivity contribution in [2.24, 2.45) is 5.92 Å². The lowest BCUT2D eigenvalue weighted by Crippen LogP contribution is -2.36. The van der Waals surface area contributed by atoms with Crippen molar-refractivity contribution in [3.05, 3.63) is 95.1 Å². The molecule has 0 N–H and O–H groups in total. The molecular formula is C25H31FN2. The Morgan fingerprint density at radius 3 is 2.29 bits per heavy atom. The Morgan fingerprint density at radius 2 is 1.61 bits per heavy atom. The van der Waals surface area contributed by atoms with Crippen LogP contribution in [0.3, 0.4) is 0 Å². The number of aryl methyl sites for hydroxylation is 1. The number of hydrogen-bond donors (Lipinski definition) is 0. The first-order valence-corrected chi connectivity index (χ1v) is 10.1. The molecule has 2 nitrogen and oxygen atoms in total. The molecule has 0 unspecified atom stereocenters. The second-order valence-electron chi connectivity index (χ2n) is 8.09. The highest BCUT2D eigenvalue weighted by molar-refractivity contribution is 5.23. The average molecular weight is 379 g/mol. The molecule has 28 heavy (non-hydrogen) atoms. The largest absolute Gasteiger partial charge is 0.346 e. The summed E-state index contributed by atoms with van der Waals surface area (Å²) in [7, 11) is 0. The summed E-state index contributed by atoms with van der Waals surface area (Å²) in [6, 6.07) is 20.4. The fourth-order valence-corrected chi connectivity index (χ4v) is 3.46. The zero-order chi connectivity index (χ0) is 20.1. The van der Waals surface area contributed by atoms with Crippen LogP contribution in [0.4, 0.5) is 4.39 Å². The van der Waals surface area contributed by atoms with Crippen LogP contribution in [-0.4, -0.2) is 15.5 Å². The van der Waals surface area contributed by atoms with Crippen LogP contribution < -0.4 is 0 Å². The van der Waals surface area contributed by atoms with Gasteiger partial charge in [-0.25, -0.2) is 4.39 Å². The molecule has 3 rings (SSSR count). The van der Waals surface area contributed by atoms with Gasteiger partial charge in [0.05, 0.1) is 0 Å². The van der Waals surface area contributed by atoms with Crippen molar-refractivity contribution in [2.45, 2.75) is 53.4 Å². The molecule has 148 valence electrons. The van der Waals surface area contributed by atoms with Gasteiger partial charge in [0.2, 0.25) is 0 Å². The number of rotatable bonds is 8. The van der Waals surface area contributed by atoms with Crippen molar-refractivity contribution in [1.82, 2.24) is 9.47 Å². The predicted octanol–water partition coefficient (Wildman–Crippen LogP) is 6.03. The van der Waals surface area contributed by atoms with Crippen molar-refractivity contribution in [3.63, 3.8) is 0 Å². The van der Waals surface area contributed by atoms with E-state index >= 15 is 0 Å². The third kappa shape index (κ3) is 5.11. The highest BCUT2D eigenvalue weighted by Gasteiger charge is 2.20. The summed E-state index contributed by atoms with van der Waals surface area (Å²) in [5.41, 5.74) is 4.58. The number of hydrogen-bond acceptors (Lipinski definition) is 1. The van der Waals surface area contributed by atoms with Gasteiger partial charge in [0.25, 0.3) is 0 Å². The zero-order valence-corrected chi connectivity index (χ0v) is 17.4. The molecule has 1 atom stereocenters. The van der Waals surface area contributed by atoms with E-state index in [1.54, 1.807) is 12.1 Å². The number of nitrogens with zero attached hydrogens (tertiary/aromatic N) is 2. The molecule has 0 spiro atoms. The maximum absolute atomic E-state index is 14.3. The minimum absolute atomic E-state index is 0.126. The number of benzene rings is 2. The van der Waals surface area contributed by atoms with Crippen LogP contribution in [0.1, 0.15) is 43.2 Å². The first-order chi connectivity index (χ1) is 13.4. The fourth-order valence-electron chi connectivity index (χ4n) is 3.46. The Morgan fingerprint density at radius 1 is 0.893 bits per heavy atom. The van der Waals surface area contributed by atoms with E-state index in [9.17, 15) is 4.39 Å². The molecule has 0 bridgehead atoms. The third-order valence-corrected chi connectivity index (χ3v) is 5.63. The number of aromatic nitrogens is 1. The standard InChI is InChI=1S/C25H31FN2/c1-19(2)21(4)28(17-23-8-5-6-10-25(23)26)18-24-9-7-15-27(24)16-22-13-11-20(3)12-14-22/h5-15,19,21H,16-18H2,1-4H3/t21-/m1/s1. The topological polar surface area (TPSA) is 8.17 Å². The van der Waals surface area contributed by atoms with Gasteiger partial charge in [0.1, 0.15) is 5.82 Å². The van der Waals surface area contributed by atoms with Gasteiger partial charge in [0, 0.05) is 43.1 Å². The lowest BCUT2D eigenvalue weighted by Gasteiger charge is -2.32. The van der Waals surface area contributed by atoms with Crippen molar-refractivity contribution >= 4 is 0 Å². The lowest BCUT2D eigenvalue weighted by atomic mass is 10.0. The Bertz CT molecular complexity index is 880. The van der Waals surface area contributed by atoms with Crippen LogP contribution in [0, 0.1) is 18.7 Å². The van der Waals surface area contributed by atoms with Crippen LogP contribution in [0.25, 0.3) is 0 Å². The van der Waals surface area contributed by atoms with E-state index in [1.807, 2.05) is 12.1 Å². The van der Waals surface area contributed by atoms with Gasteiger partial charge in [-0.2, -0.15) is 0 Å². The molecular weight excluding hydrogens is 347 g/mol. The first kappa shape index (κ1) is 20.3. The van der Waals surface area contributed by atoms with Crippen molar-refractivity contribution < 1.29 is 4.39 Å². The number of halogens is 1. The Hall–Kier alpha value is -2.39. The van der Waals surface area contributed by atoms with Gasteiger partial charge in [-0.05, 0) is 43.5 Å². The average Bonchev–Trinajstić information content (AvgIpc) is 3.10. The molecule has 0 amide bonds. The molecule has 0 fully saturated rings. The quantitative estimate of drug-likeness (QED) is 0.464. The van der Waals surface area contributed by atoms with E-state index < -0.39 is 0 Å². The molecule has 0 radical (unpaired) electrons. The van der Waals surface area contributed by atoms with Crippen LogP contribution >= 0.6 is 0 Å². The molecule has 0 aliphatic rings. The highest BCUT2D eigenvalue weighted by atomic mass is 19.1. The normalized spacial score (nSPS) is 12.7. The summed E-state index contributed by atoms with van der Waals surface area (Å²) in [4.78, 5) is 2.38. The predicted molar refractivity (Wildman–Crippen MR) is 115 cm³/mol. The molecule has 1 aromatic heterocycles. The van der Waals surface area contributed by atoms with Crippen molar-refractivity contribution in [1.29, 1.82) is 0 Å². The van der Waals surface area contributed by atoms with Gasteiger partial charge in [-0.3, -0.25) is 4.90 Å². The van der Waals surface area contributed by atoms with Crippen LogP contribution in [0.2, 0.25) is 0 Å². The first-order valence-electron chi connectivity index (χ1n) is 10.1. The molecule has 3 heteroatoms.